The van der Waals surface area contributed by atoms with E-state index in [0.717, 1.165) is 6.42 Å². The molecular weight excluding hydrogens is 186 g/mol. The average Bonchev–Trinajstić information content (AvgIpc) is 2.40. The molecule has 64 valence electrons. The summed E-state index contributed by atoms with van der Waals surface area (Å²) in [5, 5.41) is 0. The summed E-state index contributed by atoms with van der Waals surface area (Å²) in [5.74, 6) is 0. The van der Waals surface area contributed by atoms with Crippen molar-refractivity contribution in [3.8, 4) is 0 Å². The molecule has 0 aliphatic carbocycles. The third kappa shape index (κ3) is 1.15. The highest BCUT2D eigenvalue weighted by Gasteiger charge is 2.23. The Balaban J connectivity index is 2.40. The zero-order chi connectivity index (χ0) is 8.55. The van der Waals surface area contributed by atoms with E-state index >= 15 is 0 Å². The molecule has 0 N–H and O–H groups in total. The zero-order valence-electron chi connectivity index (χ0n) is 7.13. The number of hydrogen-bond acceptors (Lipinski definition) is 1. The van der Waals surface area contributed by atoms with Gasteiger partial charge in [0.15, 0.2) is 0 Å². The Hall–Kier alpha value is -0.473. The number of fused-ring (bicyclic) bond motifs is 1. The second-order valence-electron chi connectivity index (χ2n) is 3.27. The molecule has 2 rings (SSSR count). The lowest BCUT2D eigenvalue weighted by molar-refractivity contribution is 0.787. The second kappa shape index (κ2) is 3.11. The van der Waals surface area contributed by atoms with Crippen LogP contribution >= 0.6 is 11.1 Å². The Morgan fingerprint density at radius 1 is 1.50 bits per heavy atom. The highest BCUT2D eigenvalue weighted by molar-refractivity contribution is 6.95. The third-order valence-electron chi connectivity index (χ3n) is 2.48. The molecule has 1 heterocycles. The summed E-state index contributed by atoms with van der Waals surface area (Å²) in [6.07, 6.45) is 1.16. The summed E-state index contributed by atoms with van der Waals surface area (Å²) in [6, 6.07) is 9.18. The van der Waals surface area contributed by atoms with E-state index in [1.54, 1.807) is 0 Å². The van der Waals surface area contributed by atoms with Gasteiger partial charge in [-0.15, -0.1) is 11.1 Å². The first-order valence-corrected chi connectivity index (χ1v) is 7.00. The van der Waals surface area contributed by atoms with Crippen LogP contribution in [-0.2, 0) is 6.42 Å². The van der Waals surface area contributed by atoms with Crippen LogP contribution in [0, 0.1) is 0 Å². The second-order valence-corrected chi connectivity index (χ2v) is 4.91. The van der Waals surface area contributed by atoms with E-state index in [1.165, 1.54) is 11.3 Å². The van der Waals surface area contributed by atoms with Gasteiger partial charge in [0.05, 0.1) is 0 Å². The summed E-state index contributed by atoms with van der Waals surface area (Å²) >= 11 is 6.00. The number of anilines is 1. The first-order chi connectivity index (χ1) is 5.83. The summed E-state index contributed by atoms with van der Waals surface area (Å²) in [7, 11) is -0.560. The van der Waals surface area contributed by atoms with Gasteiger partial charge < -0.3 is 4.57 Å². The normalized spacial score (nSPS) is 22.2. The molecule has 0 saturated heterocycles. The summed E-state index contributed by atoms with van der Waals surface area (Å²) in [5.41, 5.74) is 2.82. The van der Waals surface area contributed by atoms with Crippen LogP contribution in [0.25, 0.3) is 0 Å². The fourth-order valence-corrected chi connectivity index (χ4v) is 3.71. The minimum absolute atomic E-state index is 0.560. The number of halogens is 1. The molecule has 12 heavy (non-hydrogen) atoms. The molecule has 0 fully saturated rings. The Kier molecular flexibility index (Phi) is 2.11. The molecule has 1 aliphatic heterocycles. The topological polar surface area (TPSA) is 3.24 Å². The number of nitrogens with zero attached hydrogens (tertiary/aromatic N) is 1. The number of rotatable bonds is 1. The fraction of sp³-hybridized carbons (Fsp3) is 0.333. The van der Waals surface area contributed by atoms with E-state index in [0.29, 0.717) is 6.04 Å². The fourth-order valence-electron chi connectivity index (χ4n) is 1.81. The molecule has 0 amide bonds. The lowest BCUT2D eigenvalue weighted by atomic mass is 10.1. The summed E-state index contributed by atoms with van der Waals surface area (Å²) in [4.78, 5) is 0. The lowest BCUT2D eigenvalue weighted by Crippen LogP contribution is -2.30. The first kappa shape index (κ1) is 8.14. The monoisotopic (exact) mass is 197 g/mol. The van der Waals surface area contributed by atoms with Crippen molar-refractivity contribution in [2.45, 2.75) is 19.4 Å². The van der Waals surface area contributed by atoms with Gasteiger partial charge in [0.1, 0.15) is 0 Å². The third-order valence-corrected chi connectivity index (χ3v) is 4.47. The highest BCUT2D eigenvalue weighted by atomic mass is 35.6. The summed E-state index contributed by atoms with van der Waals surface area (Å²) < 4.78 is 2.37. The highest BCUT2D eigenvalue weighted by Crippen LogP contribution is 2.30. The van der Waals surface area contributed by atoms with Crippen LogP contribution < -0.4 is 4.57 Å². The van der Waals surface area contributed by atoms with E-state index in [4.69, 9.17) is 11.1 Å². The van der Waals surface area contributed by atoms with Gasteiger partial charge in [0, 0.05) is 11.7 Å². The smallest absolute Gasteiger partial charge is 0.224 e. The van der Waals surface area contributed by atoms with Crippen LogP contribution in [0.1, 0.15) is 12.5 Å². The van der Waals surface area contributed by atoms with Crippen molar-refractivity contribution in [3.05, 3.63) is 29.8 Å². The van der Waals surface area contributed by atoms with Crippen LogP contribution in [0.3, 0.4) is 0 Å². The predicted octanol–water partition coefficient (Wildman–Crippen LogP) is 1.68. The maximum absolute atomic E-state index is 6.00. The molecule has 0 radical (unpaired) electrons. The summed E-state index contributed by atoms with van der Waals surface area (Å²) in [6.45, 7) is 2.25. The Bertz CT molecular complexity index is 290. The first-order valence-electron chi connectivity index (χ1n) is 4.23. The Labute approximate surface area is 79.9 Å². The molecule has 0 bridgehead atoms. The molecule has 1 atom stereocenters. The minimum atomic E-state index is -0.560. The molecule has 1 aliphatic rings. The van der Waals surface area contributed by atoms with Crippen LogP contribution in [0.15, 0.2) is 24.3 Å². The molecule has 0 saturated carbocycles. The van der Waals surface area contributed by atoms with Gasteiger partial charge in [-0.3, -0.25) is 0 Å². The van der Waals surface area contributed by atoms with E-state index in [9.17, 15) is 0 Å². The molecule has 0 spiro atoms. The van der Waals surface area contributed by atoms with Crippen LogP contribution in [0.4, 0.5) is 5.69 Å². The maximum Gasteiger partial charge on any atom is 0.224 e. The van der Waals surface area contributed by atoms with Gasteiger partial charge in [-0.1, -0.05) is 18.2 Å². The predicted molar refractivity (Wildman–Crippen MR) is 56.5 cm³/mol. The largest absolute Gasteiger partial charge is 0.387 e. The molecule has 0 aromatic heterocycles. The van der Waals surface area contributed by atoms with Crippen molar-refractivity contribution in [3.63, 3.8) is 0 Å². The van der Waals surface area contributed by atoms with E-state index in [-0.39, 0.29) is 0 Å². The van der Waals surface area contributed by atoms with Crippen molar-refractivity contribution in [1.29, 1.82) is 0 Å². The van der Waals surface area contributed by atoms with Crippen molar-refractivity contribution in [2.24, 2.45) is 0 Å². The molecule has 1 aromatic carbocycles. The van der Waals surface area contributed by atoms with Crippen LogP contribution in [0.2, 0.25) is 0 Å². The molecule has 1 aromatic rings. The van der Waals surface area contributed by atoms with Gasteiger partial charge in [-0.2, -0.15) is 0 Å². The van der Waals surface area contributed by atoms with Gasteiger partial charge in [0.25, 0.3) is 0 Å². The van der Waals surface area contributed by atoms with E-state index < -0.39 is 8.99 Å². The Morgan fingerprint density at radius 3 is 3.00 bits per heavy atom. The van der Waals surface area contributed by atoms with Crippen molar-refractivity contribution >= 4 is 25.8 Å². The molecule has 3 heteroatoms. The van der Waals surface area contributed by atoms with Gasteiger partial charge >= 0.3 is 0 Å². The standard InChI is InChI=1S/C9H12ClNSi/c1-7-6-8-4-2-3-5-9(8)11(7)12-10/h2-5,7H,6,12H2,1H3. The lowest BCUT2D eigenvalue weighted by Gasteiger charge is -2.21. The molecule has 1 nitrogen and oxygen atoms in total. The number of para-hydroxylation sites is 1. The van der Waals surface area contributed by atoms with Gasteiger partial charge in [-0.25, -0.2) is 0 Å². The van der Waals surface area contributed by atoms with Crippen molar-refractivity contribution in [1.82, 2.24) is 0 Å². The Morgan fingerprint density at radius 2 is 2.25 bits per heavy atom. The van der Waals surface area contributed by atoms with Gasteiger partial charge in [0.2, 0.25) is 8.99 Å². The van der Waals surface area contributed by atoms with Gasteiger partial charge in [-0.05, 0) is 25.0 Å². The average molecular weight is 198 g/mol. The van der Waals surface area contributed by atoms with Crippen molar-refractivity contribution in [2.75, 3.05) is 4.57 Å². The van der Waals surface area contributed by atoms with E-state index in [1.807, 2.05) is 0 Å². The van der Waals surface area contributed by atoms with Crippen LogP contribution in [-0.4, -0.2) is 15.0 Å². The molecule has 1 unspecified atom stereocenters. The van der Waals surface area contributed by atoms with E-state index in [2.05, 4.69) is 35.8 Å². The SMILES string of the molecule is CC1Cc2ccccc2N1[SiH2]Cl. The quantitative estimate of drug-likeness (QED) is 0.489. The number of benzene rings is 1. The molecular formula is C9H12ClNSi. The minimum Gasteiger partial charge on any atom is -0.387 e. The van der Waals surface area contributed by atoms with Crippen molar-refractivity contribution < 1.29 is 0 Å². The van der Waals surface area contributed by atoms with Crippen LogP contribution in [0.5, 0.6) is 0 Å². The number of hydrogen-bond donors (Lipinski definition) is 0. The maximum atomic E-state index is 6.00. The zero-order valence-corrected chi connectivity index (χ0v) is 9.30.